The van der Waals surface area contributed by atoms with Crippen LogP contribution in [0.4, 0.5) is 15.2 Å². The van der Waals surface area contributed by atoms with E-state index >= 15 is 0 Å². The van der Waals surface area contributed by atoms with Gasteiger partial charge in [0.05, 0.1) is 10.2 Å². The van der Waals surface area contributed by atoms with Crippen LogP contribution in [0.5, 0.6) is 0 Å². The molecule has 0 atom stereocenters. The van der Waals surface area contributed by atoms with E-state index in [2.05, 4.69) is 15.6 Å². The van der Waals surface area contributed by atoms with Gasteiger partial charge in [-0.05, 0) is 55.7 Å². The minimum absolute atomic E-state index is 0.0404. The first-order chi connectivity index (χ1) is 14.0. The Morgan fingerprint density at radius 1 is 1.07 bits per heavy atom. The van der Waals surface area contributed by atoms with Gasteiger partial charge in [-0.3, -0.25) is 9.59 Å². The van der Waals surface area contributed by atoms with E-state index in [9.17, 15) is 14.0 Å². The molecule has 0 aliphatic heterocycles. The van der Waals surface area contributed by atoms with Gasteiger partial charge in [0, 0.05) is 17.2 Å². The Bertz CT molecular complexity index is 1070. The number of rotatable bonds is 4. The molecule has 1 heterocycles. The molecule has 1 fully saturated rings. The summed E-state index contributed by atoms with van der Waals surface area (Å²) in [5, 5.41) is 6.28. The summed E-state index contributed by atoms with van der Waals surface area (Å²) in [6, 6.07) is 9.78. The number of anilines is 2. The van der Waals surface area contributed by atoms with Crippen LogP contribution in [0.2, 0.25) is 0 Å². The number of halogens is 1. The number of aryl methyl sites for hydroxylation is 1. The summed E-state index contributed by atoms with van der Waals surface area (Å²) in [7, 11) is 0. The van der Waals surface area contributed by atoms with Crippen molar-refractivity contribution in [1.29, 1.82) is 0 Å². The summed E-state index contributed by atoms with van der Waals surface area (Å²) in [4.78, 5) is 29.3. The summed E-state index contributed by atoms with van der Waals surface area (Å²) < 4.78 is 14.6. The topological polar surface area (TPSA) is 71.1 Å². The number of thiazole rings is 1. The summed E-state index contributed by atoms with van der Waals surface area (Å²) in [6.07, 6.45) is 5.28. The third-order valence-corrected chi connectivity index (χ3v) is 6.24. The number of hydrogen-bond donors (Lipinski definition) is 2. The highest BCUT2D eigenvalue weighted by Gasteiger charge is 2.22. The summed E-state index contributed by atoms with van der Waals surface area (Å²) in [5.41, 5.74) is 2.01. The van der Waals surface area contributed by atoms with E-state index in [1.165, 1.54) is 23.8 Å². The predicted octanol–water partition coefficient (Wildman–Crippen LogP) is 5.51. The fourth-order valence-corrected chi connectivity index (χ4v) is 4.42. The van der Waals surface area contributed by atoms with E-state index in [1.54, 1.807) is 31.2 Å². The molecule has 1 aliphatic carbocycles. The Morgan fingerprint density at radius 3 is 2.62 bits per heavy atom. The minimum atomic E-state index is -0.411. The van der Waals surface area contributed by atoms with Crippen molar-refractivity contribution in [2.24, 2.45) is 5.92 Å². The molecule has 4 rings (SSSR count). The average molecular weight is 412 g/mol. The maximum atomic E-state index is 13.7. The van der Waals surface area contributed by atoms with Gasteiger partial charge in [0.2, 0.25) is 5.91 Å². The molecule has 2 N–H and O–H groups in total. The van der Waals surface area contributed by atoms with Crippen molar-refractivity contribution in [1.82, 2.24) is 4.98 Å². The predicted molar refractivity (Wildman–Crippen MR) is 114 cm³/mol. The molecule has 2 amide bonds. The lowest BCUT2D eigenvalue weighted by Gasteiger charge is -2.19. The molecule has 5 nitrogen and oxygen atoms in total. The van der Waals surface area contributed by atoms with E-state index in [1.807, 2.05) is 6.07 Å². The van der Waals surface area contributed by atoms with Gasteiger partial charge >= 0.3 is 0 Å². The van der Waals surface area contributed by atoms with Crippen molar-refractivity contribution in [2.75, 3.05) is 10.6 Å². The number of fused-ring (bicyclic) bond motifs is 1. The normalized spacial score (nSPS) is 14.7. The van der Waals surface area contributed by atoms with Crippen LogP contribution in [0, 0.1) is 18.7 Å². The average Bonchev–Trinajstić information content (AvgIpc) is 3.12. The fraction of sp³-hybridized carbons (Fsp3) is 0.318. The van der Waals surface area contributed by atoms with Gasteiger partial charge in [0.25, 0.3) is 5.91 Å². The summed E-state index contributed by atoms with van der Waals surface area (Å²) >= 11 is 1.41. The van der Waals surface area contributed by atoms with Gasteiger partial charge in [-0.25, -0.2) is 9.37 Å². The third kappa shape index (κ3) is 4.45. The van der Waals surface area contributed by atoms with Crippen LogP contribution in [-0.4, -0.2) is 16.8 Å². The van der Waals surface area contributed by atoms with Crippen molar-refractivity contribution < 1.29 is 14.0 Å². The molecule has 1 aromatic heterocycles. The summed E-state index contributed by atoms with van der Waals surface area (Å²) in [6.45, 7) is 1.65. The van der Waals surface area contributed by atoms with Crippen LogP contribution in [0.3, 0.4) is 0 Å². The fourth-order valence-electron chi connectivity index (χ4n) is 3.57. The molecule has 3 aromatic rings. The van der Waals surface area contributed by atoms with E-state index in [4.69, 9.17) is 0 Å². The Labute approximate surface area is 172 Å². The highest BCUT2D eigenvalue weighted by molar-refractivity contribution is 7.22. The Kier molecular flexibility index (Phi) is 5.58. The van der Waals surface area contributed by atoms with Crippen molar-refractivity contribution in [2.45, 2.75) is 39.0 Å². The molecule has 1 aliphatic rings. The lowest BCUT2D eigenvalue weighted by molar-refractivity contribution is -0.120. The molecular weight excluding hydrogens is 389 g/mol. The Hall–Kier alpha value is -2.80. The molecule has 0 saturated heterocycles. The number of benzene rings is 2. The van der Waals surface area contributed by atoms with Crippen LogP contribution >= 0.6 is 11.3 Å². The van der Waals surface area contributed by atoms with Crippen LogP contribution < -0.4 is 10.6 Å². The Morgan fingerprint density at radius 2 is 1.86 bits per heavy atom. The molecule has 0 radical (unpaired) electrons. The highest BCUT2D eigenvalue weighted by atomic mass is 32.1. The number of nitrogens with one attached hydrogen (secondary N) is 2. The SMILES string of the molecule is Cc1ccc(C(=O)Nc2ccc3sc(NC(=O)C4CCCCC4)nc3c2)cc1F. The van der Waals surface area contributed by atoms with E-state index in [0.717, 1.165) is 30.4 Å². The molecule has 1 saturated carbocycles. The molecule has 0 unspecified atom stereocenters. The minimum Gasteiger partial charge on any atom is -0.322 e. The molecular formula is C22H22FN3O2S. The van der Waals surface area contributed by atoms with Crippen LogP contribution in [0.1, 0.15) is 48.0 Å². The lowest BCUT2D eigenvalue weighted by atomic mass is 9.89. The maximum absolute atomic E-state index is 13.7. The number of hydrogen-bond acceptors (Lipinski definition) is 4. The van der Waals surface area contributed by atoms with Gasteiger partial charge in [-0.15, -0.1) is 0 Å². The van der Waals surface area contributed by atoms with Gasteiger partial charge < -0.3 is 10.6 Å². The molecule has 150 valence electrons. The second-order valence-electron chi connectivity index (χ2n) is 7.44. The molecule has 2 aromatic carbocycles. The van der Waals surface area contributed by atoms with Gasteiger partial charge in [-0.2, -0.15) is 0 Å². The monoisotopic (exact) mass is 411 g/mol. The zero-order chi connectivity index (χ0) is 20.4. The quantitative estimate of drug-likeness (QED) is 0.594. The second-order valence-corrected chi connectivity index (χ2v) is 8.47. The van der Waals surface area contributed by atoms with Gasteiger partial charge in [0.15, 0.2) is 5.13 Å². The van der Waals surface area contributed by atoms with Crippen molar-refractivity contribution >= 4 is 44.2 Å². The zero-order valence-corrected chi connectivity index (χ0v) is 16.9. The van der Waals surface area contributed by atoms with Gasteiger partial charge in [-0.1, -0.05) is 36.7 Å². The first-order valence-electron chi connectivity index (χ1n) is 9.78. The van der Waals surface area contributed by atoms with E-state index in [-0.39, 0.29) is 23.3 Å². The molecule has 7 heteroatoms. The number of nitrogens with zero attached hydrogens (tertiary/aromatic N) is 1. The van der Waals surface area contributed by atoms with Crippen LogP contribution in [-0.2, 0) is 4.79 Å². The first-order valence-corrected chi connectivity index (χ1v) is 10.6. The van der Waals surface area contributed by atoms with Crippen LogP contribution in [0.15, 0.2) is 36.4 Å². The second kappa shape index (κ2) is 8.29. The number of carbonyl (C=O) groups is 2. The highest BCUT2D eigenvalue weighted by Crippen LogP contribution is 2.30. The largest absolute Gasteiger partial charge is 0.322 e. The van der Waals surface area contributed by atoms with Crippen molar-refractivity contribution in [3.8, 4) is 0 Å². The Balaban J connectivity index is 1.47. The number of amides is 2. The number of aromatic nitrogens is 1. The number of carbonyl (C=O) groups excluding carboxylic acids is 2. The summed E-state index contributed by atoms with van der Waals surface area (Å²) in [5.74, 6) is -0.686. The van der Waals surface area contributed by atoms with Crippen LogP contribution in [0.25, 0.3) is 10.2 Å². The smallest absolute Gasteiger partial charge is 0.255 e. The maximum Gasteiger partial charge on any atom is 0.255 e. The molecule has 0 bridgehead atoms. The van der Waals surface area contributed by atoms with E-state index < -0.39 is 5.82 Å². The molecule has 0 spiro atoms. The third-order valence-electron chi connectivity index (χ3n) is 5.29. The first kappa shape index (κ1) is 19.5. The molecule has 29 heavy (non-hydrogen) atoms. The van der Waals surface area contributed by atoms with E-state index in [0.29, 0.717) is 21.9 Å². The van der Waals surface area contributed by atoms with Crippen molar-refractivity contribution in [3.05, 3.63) is 53.3 Å². The standard InChI is InChI=1S/C22H22FN3O2S/c1-13-7-8-15(11-17(13)23)21(28)24-16-9-10-19-18(12-16)25-22(29-19)26-20(27)14-5-3-2-4-6-14/h7-12,14H,2-6H2,1H3,(H,24,28)(H,25,26,27). The lowest BCUT2D eigenvalue weighted by Crippen LogP contribution is -2.24. The zero-order valence-electron chi connectivity index (χ0n) is 16.1. The van der Waals surface area contributed by atoms with Crippen molar-refractivity contribution in [3.63, 3.8) is 0 Å². The van der Waals surface area contributed by atoms with Gasteiger partial charge in [0.1, 0.15) is 5.82 Å².